The number of aromatic nitrogens is 1. The molecule has 0 radical (unpaired) electrons. The lowest BCUT2D eigenvalue weighted by molar-refractivity contribution is 0.557. The van der Waals surface area contributed by atoms with Crippen LogP contribution in [0.4, 0.5) is 5.13 Å². The molecule has 1 aromatic rings. The van der Waals surface area contributed by atoms with Gasteiger partial charge in [0.25, 0.3) is 0 Å². The summed E-state index contributed by atoms with van der Waals surface area (Å²) in [6.45, 7) is 0. The molecule has 2 heterocycles. The minimum atomic E-state index is 0.530. The van der Waals surface area contributed by atoms with Crippen LogP contribution in [0.1, 0.15) is 24.6 Å². The fourth-order valence-electron chi connectivity index (χ4n) is 2.11. The molecule has 2 fully saturated rings. The molecule has 1 aromatic heterocycles. The van der Waals surface area contributed by atoms with Crippen LogP contribution in [0.2, 0.25) is 0 Å². The van der Waals surface area contributed by atoms with Gasteiger partial charge in [-0.15, -0.1) is 11.3 Å². The molecule has 0 amide bonds. The molecule has 2 aliphatic rings. The Kier molecular flexibility index (Phi) is 1.60. The van der Waals surface area contributed by atoms with Crippen molar-refractivity contribution >= 4 is 16.5 Å². The third-order valence-electron chi connectivity index (χ3n) is 2.97. The summed E-state index contributed by atoms with van der Waals surface area (Å²) in [5.41, 5.74) is 1.22. The third kappa shape index (κ3) is 1.25. The lowest BCUT2D eigenvalue weighted by Gasteiger charge is -2.08. The Morgan fingerprint density at radius 3 is 3.15 bits per heavy atom. The number of nitrogens with one attached hydrogen (secondary N) is 2. The number of fused-ring (bicyclic) bond motifs is 1. The molecule has 0 spiro atoms. The molecule has 1 aliphatic heterocycles. The molecule has 1 aliphatic carbocycles. The summed E-state index contributed by atoms with van der Waals surface area (Å²) in [5.74, 6) is 0.949. The van der Waals surface area contributed by atoms with Crippen LogP contribution in [0.3, 0.4) is 0 Å². The van der Waals surface area contributed by atoms with Gasteiger partial charge in [-0.3, -0.25) is 0 Å². The fourth-order valence-corrected chi connectivity index (χ4v) is 2.83. The highest BCUT2D eigenvalue weighted by Gasteiger charge is 2.46. The maximum atomic E-state index is 4.51. The van der Waals surface area contributed by atoms with Crippen molar-refractivity contribution in [1.29, 1.82) is 0 Å². The van der Waals surface area contributed by atoms with E-state index in [2.05, 4.69) is 21.0 Å². The fraction of sp³-hybridized carbons (Fsp3) is 0.667. The zero-order valence-electron chi connectivity index (χ0n) is 7.58. The van der Waals surface area contributed by atoms with E-state index in [1.165, 1.54) is 18.5 Å². The van der Waals surface area contributed by atoms with E-state index in [1.54, 1.807) is 11.3 Å². The molecule has 70 valence electrons. The molecule has 4 heteroatoms. The standard InChI is InChI=1S/C9H13N3S/c1-10-9-12-8(4-13-9)7-3-5-2-6(5)11-7/h4-7,11H,2-3H2,1H3,(H,10,12)/t5-,6-,7-/m1/s1. The first-order valence-electron chi connectivity index (χ1n) is 4.76. The van der Waals surface area contributed by atoms with Crippen molar-refractivity contribution in [2.45, 2.75) is 24.9 Å². The molecule has 2 N–H and O–H groups in total. The predicted molar refractivity (Wildman–Crippen MR) is 54.0 cm³/mol. The zero-order valence-corrected chi connectivity index (χ0v) is 8.40. The summed E-state index contributed by atoms with van der Waals surface area (Å²) in [7, 11) is 1.92. The van der Waals surface area contributed by atoms with E-state index in [9.17, 15) is 0 Å². The number of hydrogen-bond donors (Lipinski definition) is 2. The summed E-state index contributed by atoms with van der Waals surface area (Å²) >= 11 is 1.69. The monoisotopic (exact) mass is 195 g/mol. The molecular formula is C9H13N3S. The maximum Gasteiger partial charge on any atom is 0.182 e. The maximum absolute atomic E-state index is 4.51. The molecule has 1 saturated carbocycles. The first-order valence-corrected chi connectivity index (χ1v) is 5.64. The van der Waals surface area contributed by atoms with E-state index < -0.39 is 0 Å². The van der Waals surface area contributed by atoms with Crippen molar-refractivity contribution in [2.75, 3.05) is 12.4 Å². The van der Waals surface area contributed by atoms with Gasteiger partial charge in [0, 0.05) is 18.5 Å². The van der Waals surface area contributed by atoms with Crippen LogP contribution in [-0.4, -0.2) is 18.1 Å². The predicted octanol–water partition coefficient (Wildman–Crippen LogP) is 1.61. The van der Waals surface area contributed by atoms with E-state index >= 15 is 0 Å². The summed E-state index contributed by atoms with van der Waals surface area (Å²) in [5, 5.41) is 9.86. The average Bonchev–Trinajstić information content (AvgIpc) is 2.67. The highest BCUT2D eigenvalue weighted by atomic mass is 32.1. The van der Waals surface area contributed by atoms with Gasteiger partial charge in [-0.25, -0.2) is 4.98 Å². The molecule has 3 atom stereocenters. The number of piperidine rings is 1. The van der Waals surface area contributed by atoms with Crippen LogP contribution in [0.25, 0.3) is 0 Å². The number of nitrogens with zero attached hydrogens (tertiary/aromatic N) is 1. The minimum Gasteiger partial charge on any atom is -0.365 e. The van der Waals surface area contributed by atoms with Gasteiger partial charge in [0.2, 0.25) is 0 Å². The molecule has 3 nitrogen and oxygen atoms in total. The van der Waals surface area contributed by atoms with Gasteiger partial charge in [-0.05, 0) is 18.8 Å². The Hall–Kier alpha value is -0.610. The van der Waals surface area contributed by atoms with Crippen LogP contribution in [0.15, 0.2) is 5.38 Å². The van der Waals surface area contributed by atoms with E-state index in [-0.39, 0.29) is 0 Å². The third-order valence-corrected chi connectivity index (χ3v) is 3.85. The quantitative estimate of drug-likeness (QED) is 0.752. The van der Waals surface area contributed by atoms with E-state index in [1.807, 2.05) is 7.05 Å². The first-order chi connectivity index (χ1) is 6.36. The van der Waals surface area contributed by atoms with Gasteiger partial charge in [0.05, 0.1) is 11.7 Å². The van der Waals surface area contributed by atoms with Crippen LogP contribution in [0.5, 0.6) is 0 Å². The second-order valence-electron chi connectivity index (χ2n) is 3.88. The Labute approximate surface area is 81.6 Å². The van der Waals surface area contributed by atoms with Gasteiger partial charge in [-0.1, -0.05) is 0 Å². The van der Waals surface area contributed by atoms with Crippen LogP contribution in [-0.2, 0) is 0 Å². The largest absolute Gasteiger partial charge is 0.365 e. The number of rotatable bonds is 2. The van der Waals surface area contributed by atoms with Crippen molar-refractivity contribution < 1.29 is 0 Å². The van der Waals surface area contributed by atoms with Gasteiger partial charge in [-0.2, -0.15) is 0 Å². The summed E-state index contributed by atoms with van der Waals surface area (Å²) in [6.07, 6.45) is 2.68. The van der Waals surface area contributed by atoms with Crippen LogP contribution < -0.4 is 10.6 Å². The highest BCUT2D eigenvalue weighted by molar-refractivity contribution is 7.13. The zero-order chi connectivity index (χ0) is 8.84. The smallest absolute Gasteiger partial charge is 0.182 e. The molecular weight excluding hydrogens is 182 g/mol. The van der Waals surface area contributed by atoms with Crippen LogP contribution >= 0.6 is 11.3 Å². The van der Waals surface area contributed by atoms with Crippen molar-refractivity contribution in [3.63, 3.8) is 0 Å². The number of thiazole rings is 1. The lowest BCUT2D eigenvalue weighted by Crippen LogP contribution is -2.17. The minimum absolute atomic E-state index is 0.530. The Balaban J connectivity index is 1.77. The van der Waals surface area contributed by atoms with Gasteiger partial charge in [0.1, 0.15) is 0 Å². The molecule has 1 saturated heterocycles. The van der Waals surface area contributed by atoms with Crippen molar-refractivity contribution in [3.8, 4) is 0 Å². The first kappa shape index (κ1) is 7.76. The Morgan fingerprint density at radius 2 is 2.54 bits per heavy atom. The van der Waals surface area contributed by atoms with Crippen molar-refractivity contribution in [1.82, 2.24) is 10.3 Å². The molecule has 0 unspecified atom stereocenters. The normalized spacial score (nSPS) is 35.9. The number of hydrogen-bond acceptors (Lipinski definition) is 4. The molecule has 3 rings (SSSR count). The Morgan fingerprint density at radius 1 is 1.62 bits per heavy atom. The van der Waals surface area contributed by atoms with Crippen molar-refractivity contribution in [2.24, 2.45) is 5.92 Å². The SMILES string of the molecule is CNc1nc([C@H]2C[C@H]3C[C@H]3N2)cs1. The Bertz CT molecular complexity index is 312. The van der Waals surface area contributed by atoms with Crippen molar-refractivity contribution in [3.05, 3.63) is 11.1 Å². The molecule has 13 heavy (non-hydrogen) atoms. The van der Waals surface area contributed by atoms with Gasteiger partial charge in [0.15, 0.2) is 5.13 Å². The van der Waals surface area contributed by atoms with Crippen LogP contribution in [0, 0.1) is 5.92 Å². The van der Waals surface area contributed by atoms with Gasteiger partial charge >= 0.3 is 0 Å². The summed E-state index contributed by atoms with van der Waals surface area (Å²) in [4.78, 5) is 4.51. The highest BCUT2D eigenvalue weighted by Crippen LogP contribution is 2.46. The van der Waals surface area contributed by atoms with E-state index in [0.717, 1.165) is 17.1 Å². The summed E-state index contributed by atoms with van der Waals surface area (Å²) < 4.78 is 0. The lowest BCUT2D eigenvalue weighted by atomic mass is 10.1. The second-order valence-corrected chi connectivity index (χ2v) is 4.74. The van der Waals surface area contributed by atoms with E-state index in [4.69, 9.17) is 0 Å². The summed E-state index contributed by atoms with van der Waals surface area (Å²) in [6, 6.07) is 1.34. The number of anilines is 1. The topological polar surface area (TPSA) is 37.0 Å². The molecule has 0 bridgehead atoms. The average molecular weight is 195 g/mol. The molecule has 0 aromatic carbocycles. The van der Waals surface area contributed by atoms with Gasteiger partial charge < -0.3 is 10.6 Å². The second kappa shape index (κ2) is 2.69. The van der Waals surface area contributed by atoms with E-state index in [0.29, 0.717) is 6.04 Å².